The predicted octanol–water partition coefficient (Wildman–Crippen LogP) is 2.24. The molecule has 2 N–H and O–H groups in total. The molecule has 0 saturated heterocycles. The van der Waals surface area contributed by atoms with E-state index in [2.05, 4.69) is 0 Å². The lowest BCUT2D eigenvalue weighted by molar-refractivity contribution is 0.415. The first kappa shape index (κ1) is 8.21. The number of hydrogen-bond acceptors (Lipinski definition) is 2. The Morgan fingerprint density at radius 1 is 1.45 bits per heavy atom. The van der Waals surface area contributed by atoms with E-state index in [1.54, 1.807) is 7.11 Å². The molecule has 0 aliphatic rings. The molecule has 11 heavy (non-hydrogen) atoms. The average molecular weight is 172 g/mol. The van der Waals surface area contributed by atoms with E-state index in [4.69, 9.17) is 22.1 Å². The van der Waals surface area contributed by atoms with E-state index in [1.165, 1.54) is 0 Å². The topological polar surface area (TPSA) is 35.2 Å². The van der Waals surface area contributed by atoms with Crippen molar-refractivity contribution in [3.05, 3.63) is 22.7 Å². The van der Waals surface area contributed by atoms with Gasteiger partial charge in [-0.15, -0.1) is 0 Å². The molecule has 2 nitrogen and oxygen atoms in total. The maximum absolute atomic E-state index is 5.82. The Bertz CT molecular complexity index is 273. The van der Waals surface area contributed by atoms with Gasteiger partial charge in [-0.2, -0.15) is 0 Å². The van der Waals surface area contributed by atoms with Gasteiger partial charge in [0.2, 0.25) is 0 Å². The minimum absolute atomic E-state index is 0.484. The number of benzene rings is 1. The van der Waals surface area contributed by atoms with E-state index in [0.29, 0.717) is 16.5 Å². The van der Waals surface area contributed by atoms with Gasteiger partial charge in [0.25, 0.3) is 0 Å². The Hall–Kier alpha value is -0.890. The summed E-state index contributed by atoms with van der Waals surface area (Å²) in [6.45, 7) is 1.94. The van der Waals surface area contributed by atoms with Crippen molar-refractivity contribution in [3.63, 3.8) is 0 Å². The normalized spacial score (nSPS) is 9.73. The van der Waals surface area contributed by atoms with Crippen molar-refractivity contribution in [2.24, 2.45) is 0 Å². The predicted molar refractivity (Wildman–Crippen MR) is 47.2 cm³/mol. The Labute approximate surface area is 70.9 Å². The summed E-state index contributed by atoms with van der Waals surface area (Å²) in [4.78, 5) is 0. The van der Waals surface area contributed by atoms with Crippen LogP contribution >= 0.6 is 11.6 Å². The van der Waals surface area contributed by atoms with Crippen LogP contribution in [0.3, 0.4) is 0 Å². The molecule has 0 bridgehead atoms. The number of ether oxygens (including phenoxy) is 1. The maximum atomic E-state index is 5.82. The number of nitrogen functional groups attached to an aromatic ring is 1. The number of aryl methyl sites for hydroxylation is 1. The highest BCUT2D eigenvalue weighted by atomic mass is 35.5. The zero-order valence-electron chi connectivity index (χ0n) is 6.52. The average Bonchev–Trinajstić information content (AvgIpc) is 1.96. The fourth-order valence-electron chi connectivity index (χ4n) is 0.911. The van der Waals surface area contributed by atoms with Crippen LogP contribution in [0.1, 0.15) is 5.56 Å². The van der Waals surface area contributed by atoms with Gasteiger partial charge in [0, 0.05) is 0 Å². The summed E-state index contributed by atoms with van der Waals surface area (Å²) in [5.41, 5.74) is 7.19. The summed E-state index contributed by atoms with van der Waals surface area (Å²) >= 11 is 5.82. The highest BCUT2D eigenvalue weighted by Crippen LogP contribution is 2.30. The smallest absolute Gasteiger partial charge is 0.139 e. The lowest BCUT2D eigenvalue weighted by Gasteiger charge is -2.06. The van der Waals surface area contributed by atoms with Crippen molar-refractivity contribution in [1.29, 1.82) is 0 Å². The van der Waals surface area contributed by atoms with Crippen LogP contribution in [0.5, 0.6) is 5.75 Å². The Morgan fingerprint density at radius 3 is 2.64 bits per heavy atom. The van der Waals surface area contributed by atoms with Gasteiger partial charge in [-0.05, 0) is 24.6 Å². The number of halogens is 1. The minimum atomic E-state index is 0.484. The van der Waals surface area contributed by atoms with Crippen molar-refractivity contribution in [2.75, 3.05) is 12.8 Å². The Balaban J connectivity index is 3.24. The van der Waals surface area contributed by atoms with Crippen molar-refractivity contribution >= 4 is 17.3 Å². The fraction of sp³-hybridized carbons (Fsp3) is 0.250. The van der Waals surface area contributed by atoms with Gasteiger partial charge in [-0.25, -0.2) is 0 Å². The molecule has 0 heterocycles. The first-order chi connectivity index (χ1) is 5.15. The van der Waals surface area contributed by atoms with Crippen molar-refractivity contribution in [1.82, 2.24) is 0 Å². The van der Waals surface area contributed by atoms with Crippen molar-refractivity contribution < 1.29 is 4.74 Å². The molecule has 0 radical (unpaired) electrons. The SMILES string of the molecule is COc1cc(C)cc(N)c1Cl. The molecule has 0 aliphatic carbocycles. The monoisotopic (exact) mass is 171 g/mol. The van der Waals surface area contributed by atoms with Crippen LogP contribution in [0.25, 0.3) is 0 Å². The molecular formula is C8H10ClNO. The quantitative estimate of drug-likeness (QED) is 0.658. The lowest BCUT2D eigenvalue weighted by Crippen LogP contribution is -1.91. The summed E-state index contributed by atoms with van der Waals surface area (Å²) in [6, 6.07) is 3.66. The van der Waals surface area contributed by atoms with Crippen molar-refractivity contribution in [3.8, 4) is 5.75 Å². The minimum Gasteiger partial charge on any atom is -0.495 e. The van der Waals surface area contributed by atoms with Crippen LogP contribution in [-0.2, 0) is 0 Å². The van der Waals surface area contributed by atoms with Gasteiger partial charge in [0.15, 0.2) is 0 Å². The van der Waals surface area contributed by atoms with Crippen molar-refractivity contribution in [2.45, 2.75) is 6.92 Å². The Morgan fingerprint density at radius 2 is 2.09 bits per heavy atom. The zero-order valence-corrected chi connectivity index (χ0v) is 7.27. The van der Waals surface area contributed by atoms with E-state index >= 15 is 0 Å². The maximum Gasteiger partial charge on any atom is 0.139 e. The summed E-state index contributed by atoms with van der Waals surface area (Å²) in [5, 5.41) is 0.484. The summed E-state index contributed by atoms with van der Waals surface area (Å²) in [6.07, 6.45) is 0. The van der Waals surface area contributed by atoms with E-state index < -0.39 is 0 Å². The molecule has 0 fully saturated rings. The molecule has 0 amide bonds. The number of methoxy groups -OCH3 is 1. The molecule has 0 spiro atoms. The second kappa shape index (κ2) is 3.01. The number of hydrogen-bond donors (Lipinski definition) is 1. The van der Waals surface area contributed by atoms with Crippen LogP contribution < -0.4 is 10.5 Å². The van der Waals surface area contributed by atoms with Gasteiger partial charge in [0.1, 0.15) is 10.8 Å². The largest absolute Gasteiger partial charge is 0.495 e. The standard InChI is InChI=1S/C8H10ClNO/c1-5-3-6(10)8(9)7(4-5)11-2/h3-4H,10H2,1-2H3. The zero-order chi connectivity index (χ0) is 8.43. The van der Waals surface area contributed by atoms with Gasteiger partial charge < -0.3 is 10.5 Å². The van der Waals surface area contributed by atoms with Gasteiger partial charge in [-0.3, -0.25) is 0 Å². The molecule has 3 heteroatoms. The van der Waals surface area contributed by atoms with Gasteiger partial charge in [-0.1, -0.05) is 11.6 Å². The second-order valence-corrected chi connectivity index (χ2v) is 2.75. The summed E-state index contributed by atoms with van der Waals surface area (Å²) in [7, 11) is 1.57. The highest BCUT2D eigenvalue weighted by molar-refractivity contribution is 6.34. The van der Waals surface area contributed by atoms with E-state index in [-0.39, 0.29) is 0 Å². The first-order valence-corrected chi connectivity index (χ1v) is 3.62. The van der Waals surface area contributed by atoms with Gasteiger partial charge in [0.05, 0.1) is 12.8 Å². The van der Waals surface area contributed by atoms with E-state index in [9.17, 15) is 0 Å². The lowest BCUT2D eigenvalue weighted by atomic mass is 10.2. The molecule has 60 valence electrons. The number of nitrogens with two attached hydrogens (primary N) is 1. The second-order valence-electron chi connectivity index (χ2n) is 2.37. The van der Waals surface area contributed by atoms with Crippen LogP contribution in [-0.4, -0.2) is 7.11 Å². The number of rotatable bonds is 1. The van der Waals surface area contributed by atoms with Crippen LogP contribution in [0.2, 0.25) is 5.02 Å². The number of anilines is 1. The van der Waals surface area contributed by atoms with Crippen LogP contribution in [0, 0.1) is 6.92 Å². The Kier molecular flexibility index (Phi) is 2.25. The van der Waals surface area contributed by atoms with E-state index in [1.807, 2.05) is 19.1 Å². The molecule has 0 aromatic heterocycles. The molecule has 1 rings (SSSR count). The van der Waals surface area contributed by atoms with Crippen LogP contribution in [0.4, 0.5) is 5.69 Å². The van der Waals surface area contributed by atoms with E-state index in [0.717, 1.165) is 5.56 Å². The third-order valence-corrected chi connectivity index (χ3v) is 1.84. The molecule has 0 saturated carbocycles. The molecule has 1 aromatic carbocycles. The molecule has 0 unspecified atom stereocenters. The summed E-state index contributed by atoms with van der Waals surface area (Å²) in [5.74, 6) is 0.629. The molecule has 1 aromatic rings. The third kappa shape index (κ3) is 1.57. The molecule has 0 aliphatic heterocycles. The molecule has 0 atom stereocenters. The third-order valence-electron chi connectivity index (χ3n) is 1.43. The summed E-state index contributed by atoms with van der Waals surface area (Å²) < 4.78 is 4.99. The first-order valence-electron chi connectivity index (χ1n) is 3.24. The fourth-order valence-corrected chi connectivity index (χ4v) is 1.10. The highest BCUT2D eigenvalue weighted by Gasteiger charge is 2.03. The van der Waals surface area contributed by atoms with Crippen LogP contribution in [0.15, 0.2) is 12.1 Å². The molecular weight excluding hydrogens is 162 g/mol. The van der Waals surface area contributed by atoms with Gasteiger partial charge >= 0.3 is 0 Å².